The summed E-state index contributed by atoms with van der Waals surface area (Å²) in [6.07, 6.45) is 3.94. The van der Waals surface area contributed by atoms with Crippen molar-refractivity contribution in [1.29, 1.82) is 0 Å². The van der Waals surface area contributed by atoms with Crippen LogP contribution in [0.4, 0.5) is 0 Å². The highest BCUT2D eigenvalue weighted by Crippen LogP contribution is 2.30. The van der Waals surface area contributed by atoms with Crippen LogP contribution in [0.1, 0.15) is 45.7 Å². The topological polar surface area (TPSA) is 79.0 Å². The summed E-state index contributed by atoms with van der Waals surface area (Å²) in [4.78, 5) is 30.1. The van der Waals surface area contributed by atoms with E-state index in [1.54, 1.807) is 0 Å². The fraction of sp³-hybridized carbons (Fsp3) is 0.455. The normalized spacial score (nSPS) is 14.4. The molecule has 4 rings (SSSR count). The maximum Gasteiger partial charge on any atom is 0.316 e. The van der Waals surface area contributed by atoms with Crippen LogP contribution in [0.3, 0.4) is 0 Å². The van der Waals surface area contributed by atoms with Gasteiger partial charge < -0.3 is 9.30 Å². The van der Waals surface area contributed by atoms with Crippen molar-refractivity contribution < 1.29 is 9.53 Å². The summed E-state index contributed by atoms with van der Waals surface area (Å²) in [5.41, 5.74) is 1.61. The van der Waals surface area contributed by atoms with E-state index in [0.29, 0.717) is 16.5 Å². The molecule has 0 atom stereocenters. The van der Waals surface area contributed by atoms with Crippen LogP contribution in [0.25, 0.3) is 17.1 Å². The number of esters is 1. The molecule has 8 heteroatoms. The number of fused-ring (bicyclic) bond motifs is 3. The van der Waals surface area contributed by atoms with Gasteiger partial charge in [0.25, 0.3) is 5.56 Å². The molecule has 0 N–H and O–H groups in total. The molecule has 0 spiro atoms. The van der Waals surface area contributed by atoms with E-state index < -0.39 is 5.60 Å². The Balaban J connectivity index is 1.76. The zero-order valence-corrected chi connectivity index (χ0v) is 18.4. The molecule has 0 fully saturated rings. The molecule has 3 heterocycles. The van der Waals surface area contributed by atoms with Crippen LogP contribution < -0.4 is 5.56 Å². The lowest BCUT2D eigenvalue weighted by atomic mass is 10.1. The minimum atomic E-state index is -0.523. The number of nitrogens with zero attached hydrogens (tertiary/aromatic N) is 4. The Hall–Kier alpha value is -2.61. The maximum atomic E-state index is 13.2. The second-order valence-electron chi connectivity index (χ2n) is 8.43. The highest BCUT2D eigenvalue weighted by molar-refractivity contribution is 7.99. The molecule has 158 valence electrons. The SMILES string of the molecule is CC(C)(C)OC(=O)CSc1nc2nn(-c3ccccc3)c(=O)c-2c2n1CCCCC2. The van der Waals surface area contributed by atoms with Crippen molar-refractivity contribution in [3.05, 3.63) is 46.4 Å². The van der Waals surface area contributed by atoms with Crippen molar-refractivity contribution in [2.24, 2.45) is 0 Å². The van der Waals surface area contributed by atoms with Gasteiger partial charge in [0.05, 0.1) is 11.4 Å². The lowest BCUT2D eigenvalue weighted by molar-refractivity contribution is -0.151. The fourth-order valence-corrected chi connectivity index (χ4v) is 4.52. The summed E-state index contributed by atoms with van der Waals surface area (Å²) in [5, 5.41) is 5.23. The molecule has 0 unspecified atom stereocenters. The van der Waals surface area contributed by atoms with Crippen molar-refractivity contribution >= 4 is 17.7 Å². The van der Waals surface area contributed by atoms with Crippen LogP contribution in [0.15, 0.2) is 40.3 Å². The lowest BCUT2D eigenvalue weighted by Crippen LogP contribution is -2.25. The van der Waals surface area contributed by atoms with Gasteiger partial charge in [0, 0.05) is 12.2 Å². The van der Waals surface area contributed by atoms with Gasteiger partial charge in [0.1, 0.15) is 11.2 Å². The Kier molecular flexibility index (Phi) is 5.69. The molecule has 3 aliphatic rings. The molecule has 0 amide bonds. The van der Waals surface area contributed by atoms with E-state index in [-0.39, 0.29) is 17.3 Å². The number of ether oxygens (including phenoxy) is 1. The first-order valence-corrected chi connectivity index (χ1v) is 11.2. The van der Waals surface area contributed by atoms with Crippen molar-refractivity contribution in [1.82, 2.24) is 19.3 Å². The molecule has 0 bridgehead atoms. The lowest BCUT2D eigenvalue weighted by Gasteiger charge is -2.20. The van der Waals surface area contributed by atoms with Gasteiger partial charge >= 0.3 is 5.97 Å². The molecule has 3 aliphatic heterocycles. The number of carbonyl (C=O) groups is 1. The quantitative estimate of drug-likeness (QED) is 0.360. The Morgan fingerprint density at radius 2 is 1.93 bits per heavy atom. The highest BCUT2D eigenvalue weighted by Gasteiger charge is 2.27. The maximum absolute atomic E-state index is 13.2. The van der Waals surface area contributed by atoms with Crippen molar-refractivity contribution in [3.8, 4) is 17.1 Å². The van der Waals surface area contributed by atoms with Gasteiger partial charge in [-0.25, -0.2) is 4.98 Å². The summed E-state index contributed by atoms with van der Waals surface area (Å²) >= 11 is 1.34. The third kappa shape index (κ3) is 4.28. The van der Waals surface area contributed by atoms with E-state index >= 15 is 0 Å². The number of benzene rings is 1. The van der Waals surface area contributed by atoms with Crippen molar-refractivity contribution in [3.63, 3.8) is 0 Å². The molecule has 0 aliphatic carbocycles. The van der Waals surface area contributed by atoms with Gasteiger partial charge in [0.15, 0.2) is 11.0 Å². The number of aromatic nitrogens is 4. The zero-order chi connectivity index (χ0) is 21.3. The van der Waals surface area contributed by atoms with Crippen molar-refractivity contribution in [2.75, 3.05) is 5.75 Å². The second kappa shape index (κ2) is 8.26. The van der Waals surface area contributed by atoms with Crippen molar-refractivity contribution in [2.45, 2.75) is 63.8 Å². The molecule has 1 aromatic carbocycles. The van der Waals surface area contributed by atoms with Gasteiger partial charge in [-0.2, -0.15) is 4.68 Å². The molecule has 30 heavy (non-hydrogen) atoms. The Bertz CT molecular complexity index is 1080. The van der Waals surface area contributed by atoms with E-state index in [2.05, 4.69) is 9.67 Å². The average Bonchev–Trinajstić information content (AvgIpc) is 2.87. The molecule has 0 radical (unpaired) electrons. The first kappa shape index (κ1) is 20.7. The third-order valence-corrected chi connectivity index (χ3v) is 5.86. The Morgan fingerprint density at radius 1 is 1.17 bits per heavy atom. The van der Waals surface area contributed by atoms with Gasteiger partial charge in [-0.15, -0.1) is 5.10 Å². The van der Waals surface area contributed by atoms with E-state index in [9.17, 15) is 9.59 Å². The molecule has 0 aromatic heterocycles. The van der Waals surface area contributed by atoms with E-state index in [1.807, 2.05) is 51.1 Å². The van der Waals surface area contributed by atoms with Crippen LogP contribution in [0.2, 0.25) is 0 Å². The zero-order valence-electron chi connectivity index (χ0n) is 17.6. The summed E-state index contributed by atoms with van der Waals surface area (Å²) < 4.78 is 8.95. The highest BCUT2D eigenvalue weighted by atomic mass is 32.2. The van der Waals surface area contributed by atoms with Gasteiger partial charge in [-0.05, 0) is 52.2 Å². The number of thioether (sulfide) groups is 1. The third-order valence-electron chi connectivity index (χ3n) is 4.91. The number of rotatable bonds is 4. The first-order chi connectivity index (χ1) is 14.3. The molecular weight excluding hydrogens is 400 g/mol. The molecule has 0 saturated heterocycles. The molecule has 7 nitrogen and oxygen atoms in total. The minimum Gasteiger partial charge on any atom is -0.459 e. The number of hydrogen-bond acceptors (Lipinski definition) is 6. The average molecular weight is 427 g/mol. The number of para-hydroxylation sites is 1. The monoisotopic (exact) mass is 426 g/mol. The standard InChI is InChI=1S/C22H26N4O3S/c1-22(2,3)29-17(27)14-30-21-23-19-18(16-12-8-5-9-13-25(16)21)20(28)26(24-19)15-10-6-4-7-11-15/h4,6-7,10-11H,5,8-9,12-14H2,1-3H3. The fourth-order valence-electron chi connectivity index (χ4n) is 3.70. The predicted octanol–water partition coefficient (Wildman–Crippen LogP) is 3.69. The molecule has 1 aromatic rings. The predicted molar refractivity (Wildman–Crippen MR) is 116 cm³/mol. The first-order valence-electron chi connectivity index (χ1n) is 10.3. The van der Waals surface area contributed by atoms with E-state index in [0.717, 1.165) is 43.6 Å². The summed E-state index contributed by atoms with van der Waals surface area (Å²) in [5.74, 6) is 0.319. The van der Waals surface area contributed by atoms with E-state index in [4.69, 9.17) is 9.72 Å². The number of carbonyl (C=O) groups excluding carboxylic acids is 1. The van der Waals surface area contributed by atoms with Crippen LogP contribution in [0, 0.1) is 0 Å². The summed E-state index contributed by atoms with van der Waals surface area (Å²) in [6.45, 7) is 6.34. The minimum absolute atomic E-state index is 0.141. The Labute approximate surface area is 179 Å². The van der Waals surface area contributed by atoms with E-state index in [1.165, 1.54) is 16.4 Å². The largest absolute Gasteiger partial charge is 0.459 e. The van der Waals surface area contributed by atoms with Gasteiger partial charge in [-0.1, -0.05) is 36.4 Å². The van der Waals surface area contributed by atoms with Crippen LogP contribution >= 0.6 is 11.8 Å². The van der Waals surface area contributed by atoms with Crippen LogP contribution in [-0.4, -0.2) is 36.7 Å². The van der Waals surface area contributed by atoms with Crippen LogP contribution in [-0.2, 0) is 22.5 Å². The molecule has 0 saturated carbocycles. The van der Waals surface area contributed by atoms with Gasteiger partial charge in [-0.3, -0.25) is 9.59 Å². The number of hydrogen-bond donors (Lipinski definition) is 0. The smallest absolute Gasteiger partial charge is 0.316 e. The van der Waals surface area contributed by atoms with Gasteiger partial charge in [0.2, 0.25) is 0 Å². The summed E-state index contributed by atoms with van der Waals surface area (Å²) in [7, 11) is 0. The Morgan fingerprint density at radius 3 is 2.67 bits per heavy atom. The van der Waals surface area contributed by atoms with Crippen LogP contribution in [0.5, 0.6) is 0 Å². The molecular formula is C22H26N4O3S. The summed E-state index contributed by atoms with van der Waals surface area (Å²) in [6, 6.07) is 9.38. The second-order valence-corrected chi connectivity index (χ2v) is 9.37.